The molecular formula is C14H22ClN. The Balaban J connectivity index is 2.74. The summed E-state index contributed by atoms with van der Waals surface area (Å²) in [6.45, 7) is 9.61. The molecule has 0 fully saturated rings. The van der Waals surface area contributed by atoms with Gasteiger partial charge in [0.25, 0.3) is 0 Å². The van der Waals surface area contributed by atoms with E-state index in [0.717, 1.165) is 18.0 Å². The first-order chi connectivity index (χ1) is 7.49. The van der Waals surface area contributed by atoms with Crippen LogP contribution >= 0.6 is 11.6 Å². The lowest BCUT2D eigenvalue weighted by molar-refractivity contribution is 0.587. The Morgan fingerprint density at radius 2 is 1.88 bits per heavy atom. The maximum atomic E-state index is 6.18. The molecule has 1 rings (SSSR count). The van der Waals surface area contributed by atoms with Crippen LogP contribution in [0.3, 0.4) is 0 Å². The molecule has 90 valence electrons. The summed E-state index contributed by atoms with van der Waals surface area (Å²) in [7, 11) is 0. The van der Waals surface area contributed by atoms with Gasteiger partial charge in [-0.25, -0.2) is 0 Å². The minimum atomic E-state index is 0.491. The van der Waals surface area contributed by atoms with Crippen molar-refractivity contribution in [2.75, 3.05) is 0 Å². The van der Waals surface area contributed by atoms with Crippen molar-refractivity contribution in [2.24, 2.45) is 5.92 Å². The third-order valence-corrected chi connectivity index (χ3v) is 2.82. The van der Waals surface area contributed by atoms with Crippen LogP contribution in [0.15, 0.2) is 18.2 Å². The van der Waals surface area contributed by atoms with Crippen LogP contribution in [-0.2, 0) is 13.0 Å². The van der Waals surface area contributed by atoms with Gasteiger partial charge in [0.2, 0.25) is 0 Å². The Hall–Kier alpha value is -0.530. The lowest BCUT2D eigenvalue weighted by atomic mass is 10.0. The van der Waals surface area contributed by atoms with Gasteiger partial charge in [0.15, 0.2) is 0 Å². The van der Waals surface area contributed by atoms with Gasteiger partial charge in [-0.2, -0.15) is 0 Å². The zero-order chi connectivity index (χ0) is 12.1. The molecule has 0 unspecified atom stereocenters. The van der Waals surface area contributed by atoms with Gasteiger partial charge in [0.1, 0.15) is 0 Å². The van der Waals surface area contributed by atoms with Crippen LogP contribution in [0.25, 0.3) is 0 Å². The standard InChI is InChI=1S/C14H22ClN/c1-10(2)7-12-5-6-14(15)13(8-12)9-16-11(3)4/h5-6,8,10-11,16H,7,9H2,1-4H3. The third kappa shape index (κ3) is 4.54. The average molecular weight is 240 g/mol. The third-order valence-electron chi connectivity index (χ3n) is 2.45. The quantitative estimate of drug-likeness (QED) is 0.818. The predicted octanol–water partition coefficient (Wildman–Crippen LogP) is 4.04. The molecule has 0 bridgehead atoms. The molecule has 0 aliphatic rings. The molecule has 0 heterocycles. The summed E-state index contributed by atoms with van der Waals surface area (Å²) in [5.41, 5.74) is 2.58. The van der Waals surface area contributed by atoms with E-state index < -0.39 is 0 Å². The molecule has 16 heavy (non-hydrogen) atoms. The first-order valence-electron chi connectivity index (χ1n) is 5.99. The summed E-state index contributed by atoms with van der Waals surface area (Å²) in [6.07, 6.45) is 1.12. The number of hydrogen-bond acceptors (Lipinski definition) is 1. The van der Waals surface area contributed by atoms with Crippen molar-refractivity contribution in [3.63, 3.8) is 0 Å². The van der Waals surface area contributed by atoms with Crippen molar-refractivity contribution in [1.82, 2.24) is 5.32 Å². The maximum absolute atomic E-state index is 6.18. The molecule has 1 aromatic rings. The molecule has 0 saturated carbocycles. The Morgan fingerprint density at radius 3 is 2.44 bits per heavy atom. The van der Waals surface area contributed by atoms with Gasteiger partial charge in [-0.15, -0.1) is 0 Å². The van der Waals surface area contributed by atoms with Gasteiger partial charge in [-0.05, 0) is 29.5 Å². The van der Waals surface area contributed by atoms with E-state index in [1.807, 2.05) is 6.07 Å². The number of halogens is 1. The molecule has 0 aliphatic carbocycles. The predicted molar refractivity (Wildman–Crippen MR) is 72.0 cm³/mol. The highest BCUT2D eigenvalue weighted by Crippen LogP contribution is 2.19. The number of nitrogens with one attached hydrogen (secondary N) is 1. The lowest BCUT2D eigenvalue weighted by Gasteiger charge is -2.12. The fraction of sp³-hybridized carbons (Fsp3) is 0.571. The second kappa shape index (κ2) is 6.27. The van der Waals surface area contributed by atoms with E-state index in [1.54, 1.807) is 0 Å². The zero-order valence-electron chi connectivity index (χ0n) is 10.7. The van der Waals surface area contributed by atoms with Crippen molar-refractivity contribution >= 4 is 11.6 Å². The number of rotatable bonds is 5. The molecule has 0 aliphatic heterocycles. The first-order valence-corrected chi connectivity index (χ1v) is 6.37. The summed E-state index contributed by atoms with van der Waals surface area (Å²) in [5.74, 6) is 0.687. The minimum absolute atomic E-state index is 0.491. The van der Waals surface area contributed by atoms with E-state index in [0.29, 0.717) is 12.0 Å². The molecule has 0 radical (unpaired) electrons. The summed E-state index contributed by atoms with van der Waals surface area (Å²) in [5, 5.41) is 4.26. The fourth-order valence-electron chi connectivity index (χ4n) is 1.68. The van der Waals surface area contributed by atoms with E-state index in [-0.39, 0.29) is 0 Å². The SMILES string of the molecule is CC(C)Cc1ccc(Cl)c(CNC(C)C)c1. The molecule has 2 heteroatoms. The zero-order valence-corrected chi connectivity index (χ0v) is 11.4. The topological polar surface area (TPSA) is 12.0 Å². The molecule has 0 aromatic heterocycles. The van der Waals surface area contributed by atoms with Gasteiger partial charge in [-0.3, -0.25) is 0 Å². The summed E-state index contributed by atoms with van der Waals surface area (Å²) in [6, 6.07) is 6.85. The molecule has 0 saturated heterocycles. The van der Waals surface area contributed by atoms with E-state index in [1.165, 1.54) is 11.1 Å². The molecule has 0 spiro atoms. The highest BCUT2D eigenvalue weighted by atomic mass is 35.5. The Morgan fingerprint density at radius 1 is 1.19 bits per heavy atom. The van der Waals surface area contributed by atoms with Crippen LogP contribution in [-0.4, -0.2) is 6.04 Å². The highest BCUT2D eigenvalue weighted by Gasteiger charge is 2.04. The van der Waals surface area contributed by atoms with Crippen LogP contribution < -0.4 is 5.32 Å². The van der Waals surface area contributed by atoms with Gasteiger partial charge in [-0.1, -0.05) is 51.4 Å². The van der Waals surface area contributed by atoms with Crippen LogP contribution in [0.1, 0.15) is 38.8 Å². The van der Waals surface area contributed by atoms with E-state index in [9.17, 15) is 0 Å². The monoisotopic (exact) mass is 239 g/mol. The van der Waals surface area contributed by atoms with Gasteiger partial charge in [0.05, 0.1) is 0 Å². The Labute approximate surface area is 104 Å². The first kappa shape index (κ1) is 13.5. The number of hydrogen-bond donors (Lipinski definition) is 1. The summed E-state index contributed by atoms with van der Waals surface area (Å²) < 4.78 is 0. The van der Waals surface area contributed by atoms with Gasteiger partial charge < -0.3 is 5.32 Å². The minimum Gasteiger partial charge on any atom is -0.310 e. The number of benzene rings is 1. The second-order valence-corrected chi connectivity index (χ2v) is 5.47. The fourth-order valence-corrected chi connectivity index (χ4v) is 1.86. The van der Waals surface area contributed by atoms with E-state index >= 15 is 0 Å². The van der Waals surface area contributed by atoms with Crippen molar-refractivity contribution in [3.8, 4) is 0 Å². The molecule has 1 nitrogen and oxygen atoms in total. The molecule has 0 amide bonds. The molecule has 0 atom stereocenters. The molecular weight excluding hydrogens is 218 g/mol. The molecule has 1 aromatic carbocycles. The summed E-state index contributed by atoms with van der Waals surface area (Å²) >= 11 is 6.18. The van der Waals surface area contributed by atoms with Crippen molar-refractivity contribution in [2.45, 2.75) is 46.7 Å². The summed E-state index contributed by atoms with van der Waals surface area (Å²) in [4.78, 5) is 0. The van der Waals surface area contributed by atoms with Crippen molar-refractivity contribution in [3.05, 3.63) is 34.3 Å². The smallest absolute Gasteiger partial charge is 0.0451 e. The Kier molecular flexibility index (Phi) is 5.30. The van der Waals surface area contributed by atoms with Crippen LogP contribution in [0, 0.1) is 5.92 Å². The van der Waals surface area contributed by atoms with Crippen LogP contribution in [0.5, 0.6) is 0 Å². The lowest BCUT2D eigenvalue weighted by Crippen LogP contribution is -2.22. The average Bonchev–Trinajstić information content (AvgIpc) is 2.18. The normalized spacial score (nSPS) is 11.4. The Bertz CT molecular complexity index is 332. The van der Waals surface area contributed by atoms with Crippen molar-refractivity contribution < 1.29 is 0 Å². The van der Waals surface area contributed by atoms with Crippen molar-refractivity contribution in [1.29, 1.82) is 0 Å². The van der Waals surface area contributed by atoms with E-state index in [2.05, 4.69) is 45.1 Å². The highest BCUT2D eigenvalue weighted by molar-refractivity contribution is 6.31. The van der Waals surface area contributed by atoms with Crippen LogP contribution in [0.4, 0.5) is 0 Å². The van der Waals surface area contributed by atoms with E-state index in [4.69, 9.17) is 11.6 Å². The largest absolute Gasteiger partial charge is 0.310 e. The second-order valence-electron chi connectivity index (χ2n) is 5.06. The van der Waals surface area contributed by atoms with Crippen LogP contribution in [0.2, 0.25) is 5.02 Å². The van der Waals surface area contributed by atoms with Gasteiger partial charge in [0, 0.05) is 17.6 Å². The molecule has 1 N–H and O–H groups in total. The van der Waals surface area contributed by atoms with Gasteiger partial charge >= 0.3 is 0 Å². The maximum Gasteiger partial charge on any atom is 0.0451 e.